The second-order valence-corrected chi connectivity index (χ2v) is 4.94. The molecule has 0 aromatic carbocycles. The summed E-state index contributed by atoms with van der Waals surface area (Å²) in [6, 6.07) is 0. The highest BCUT2D eigenvalue weighted by Crippen LogP contribution is 2.23. The van der Waals surface area contributed by atoms with Crippen LogP contribution in [0.4, 0.5) is 0 Å². The zero-order valence-electron chi connectivity index (χ0n) is 9.84. The fraction of sp³-hybridized carbons (Fsp3) is 1.00. The van der Waals surface area contributed by atoms with Gasteiger partial charge in [-0.1, -0.05) is 20.3 Å². The second kappa shape index (κ2) is 6.41. The number of nitrogens with two attached hydrogens (primary N) is 1. The van der Waals surface area contributed by atoms with E-state index in [9.17, 15) is 0 Å². The van der Waals surface area contributed by atoms with E-state index in [4.69, 9.17) is 5.73 Å². The van der Waals surface area contributed by atoms with Crippen molar-refractivity contribution in [3.05, 3.63) is 0 Å². The Morgan fingerprint density at radius 3 is 2.64 bits per heavy atom. The van der Waals surface area contributed by atoms with Gasteiger partial charge in [-0.2, -0.15) is 0 Å². The standard InChI is InChI=1S/C12H26N2/c1-11(2)12-6-9-14(10-12)8-5-3-4-7-13/h11-12H,3-10,13H2,1-2H3. The summed E-state index contributed by atoms with van der Waals surface area (Å²) in [7, 11) is 0. The Labute approximate surface area is 88.8 Å². The van der Waals surface area contributed by atoms with E-state index in [2.05, 4.69) is 18.7 Å². The van der Waals surface area contributed by atoms with Crippen LogP contribution in [-0.4, -0.2) is 31.1 Å². The highest BCUT2D eigenvalue weighted by Gasteiger charge is 2.23. The minimum atomic E-state index is 0.856. The fourth-order valence-corrected chi connectivity index (χ4v) is 2.27. The number of likely N-dealkylation sites (tertiary alicyclic amines) is 1. The highest BCUT2D eigenvalue weighted by molar-refractivity contribution is 4.77. The van der Waals surface area contributed by atoms with Crippen LogP contribution in [0.3, 0.4) is 0 Å². The van der Waals surface area contributed by atoms with Gasteiger partial charge in [0.25, 0.3) is 0 Å². The zero-order chi connectivity index (χ0) is 10.4. The molecule has 0 spiro atoms. The molecule has 0 radical (unpaired) electrons. The molecule has 0 aromatic heterocycles. The van der Waals surface area contributed by atoms with Crippen molar-refractivity contribution in [2.24, 2.45) is 17.6 Å². The fourth-order valence-electron chi connectivity index (χ4n) is 2.27. The first-order chi connectivity index (χ1) is 6.74. The van der Waals surface area contributed by atoms with Gasteiger partial charge in [0.1, 0.15) is 0 Å². The summed E-state index contributed by atoms with van der Waals surface area (Å²) in [6.45, 7) is 9.51. The first-order valence-corrected chi connectivity index (χ1v) is 6.16. The minimum absolute atomic E-state index is 0.856. The van der Waals surface area contributed by atoms with Gasteiger partial charge in [-0.05, 0) is 50.7 Å². The van der Waals surface area contributed by atoms with Crippen LogP contribution in [0.2, 0.25) is 0 Å². The molecule has 14 heavy (non-hydrogen) atoms. The van der Waals surface area contributed by atoms with Gasteiger partial charge >= 0.3 is 0 Å². The predicted molar refractivity (Wildman–Crippen MR) is 62.3 cm³/mol. The average Bonchev–Trinajstić information content (AvgIpc) is 2.61. The lowest BCUT2D eigenvalue weighted by atomic mass is 9.95. The first-order valence-electron chi connectivity index (χ1n) is 6.16. The molecule has 1 fully saturated rings. The van der Waals surface area contributed by atoms with E-state index in [0.29, 0.717) is 0 Å². The number of hydrogen-bond donors (Lipinski definition) is 1. The van der Waals surface area contributed by atoms with Gasteiger partial charge in [-0.3, -0.25) is 0 Å². The van der Waals surface area contributed by atoms with Gasteiger partial charge in [0.15, 0.2) is 0 Å². The summed E-state index contributed by atoms with van der Waals surface area (Å²) < 4.78 is 0. The van der Waals surface area contributed by atoms with E-state index in [1.54, 1.807) is 0 Å². The van der Waals surface area contributed by atoms with Crippen molar-refractivity contribution in [1.29, 1.82) is 0 Å². The number of rotatable bonds is 6. The van der Waals surface area contributed by atoms with Crippen molar-refractivity contribution in [2.45, 2.75) is 39.5 Å². The molecule has 1 aliphatic rings. The van der Waals surface area contributed by atoms with Crippen molar-refractivity contribution in [1.82, 2.24) is 4.90 Å². The van der Waals surface area contributed by atoms with Gasteiger partial charge in [0.2, 0.25) is 0 Å². The number of unbranched alkanes of at least 4 members (excludes halogenated alkanes) is 2. The Morgan fingerprint density at radius 2 is 2.07 bits per heavy atom. The van der Waals surface area contributed by atoms with Crippen LogP contribution < -0.4 is 5.73 Å². The SMILES string of the molecule is CC(C)C1CCN(CCCCCN)C1. The van der Waals surface area contributed by atoms with Gasteiger partial charge < -0.3 is 10.6 Å². The van der Waals surface area contributed by atoms with Crippen molar-refractivity contribution >= 4 is 0 Å². The lowest BCUT2D eigenvalue weighted by Gasteiger charge is -2.17. The largest absolute Gasteiger partial charge is 0.330 e. The molecule has 2 N–H and O–H groups in total. The Bertz CT molecular complexity index is 145. The lowest BCUT2D eigenvalue weighted by molar-refractivity contribution is 0.297. The average molecular weight is 198 g/mol. The molecule has 1 aliphatic heterocycles. The number of nitrogens with zero attached hydrogens (tertiary/aromatic N) is 1. The van der Waals surface area contributed by atoms with Crippen LogP contribution in [0, 0.1) is 11.8 Å². The third-order valence-corrected chi connectivity index (χ3v) is 3.43. The monoisotopic (exact) mass is 198 g/mol. The Balaban J connectivity index is 2.04. The summed E-state index contributed by atoms with van der Waals surface area (Å²) in [5.41, 5.74) is 5.47. The molecule has 1 unspecified atom stereocenters. The number of hydrogen-bond acceptors (Lipinski definition) is 2. The van der Waals surface area contributed by atoms with Crippen LogP contribution >= 0.6 is 0 Å². The first kappa shape index (κ1) is 12.0. The Morgan fingerprint density at radius 1 is 1.29 bits per heavy atom. The summed E-state index contributed by atoms with van der Waals surface area (Å²) in [6.07, 6.45) is 5.25. The highest BCUT2D eigenvalue weighted by atomic mass is 15.1. The van der Waals surface area contributed by atoms with Crippen LogP contribution in [0.5, 0.6) is 0 Å². The zero-order valence-corrected chi connectivity index (χ0v) is 9.84. The predicted octanol–water partition coefficient (Wildman–Crippen LogP) is 2.09. The summed E-state index contributed by atoms with van der Waals surface area (Å²) in [4.78, 5) is 2.63. The molecule has 1 saturated heterocycles. The van der Waals surface area contributed by atoms with Crippen molar-refractivity contribution in [3.63, 3.8) is 0 Å². The molecule has 2 heteroatoms. The van der Waals surface area contributed by atoms with Gasteiger partial charge in [0, 0.05) is 6.54 Å². The quantitative estimate of drug-likeness (QED) is 0.662. The smallest absolute Gasteiger partial charge is 0.00126 e. The van der Waals surface area contributed by atoms with E-state index in [1.807, 2.05) is 0 Å². The maximum absolute atomic E-state index is 5.47. The minimum Gasteiger partial charge on any atom is -0.330 e. The molecule has 2 nitrogen and oxygen atoms in total. The molecule has 84 valence electrons. The van der Waals surface area contributed by atoms with Crippen LogP contribution in [0.1, 0.15) is 39.5 Å². The Hall–Kier alpha value is -0.0800. The normalized spacial score (nSPS) is 23.6. The van der Waals surface area contributed by atoms with Crippen molar-refractivity contribution in [2.75, 3.05) is 26.2 Å². The maximum atomic E-state index is 5.47. The molecule has 1 atom stereocenters. The third kappa shape index (κ3) is 3.97. The summed E-state index contributed by atoms with van der Waals surface area (Å²) >= 11 is 0. The molecule has 0 saturated carbocycles. The van der Waals surface area contributed by atoms with Gasteiger partial charge in [-0.25, -0.2) is 0 Å². The topological polar surface area (TPSA) is 29.3 Å². The van der Waals surface area contributed by atoms with E-state index < -0.39 is 0 Å². The van der Waals surface area contributed by atoms with E-state index in [0.717, 1.165) is 18.4 Å². The van der Waals surface area contributed by atoms with Crippen molar-refractivity contribution in [3.8, 4) is 0 Å². The van der Waals surface area contributed by atoms with Crippen LogP contribution in [0.15, 0.2) is 0 Å². The molecular formula is C12H26N2. The van der Waals surface area contributed by atoms with Crippen molar-refractivity contribution < 1.29 is 0 Å². The summed E-state index contributed by atoms with van der Waals surface area (Å²) in [5.74, 6) is 1.81. The van der Waals surface area contributed by atoms with Gasteiger partial charge in [-0.15, -0.1) is 0 Å². The molecule has 0 bridgehead atoms. The van der Waals surface area contributed by atoms with Crippen LogP contribution in [0.25, 0.3) is 0 Å². The molecule has 0 aromatic rings. The molecule has 1 rings (SSSR count). The van der Waals surface area contributed by atoms with E-state index >= 15 is 0 Å². The molecular weight excluding hydrogens is 172 g/mol. The Kier molecular flexibility index (Phi) is 5.49. The molecule has 1 heterocycles. The van der Waals surface area contributed by atoms with E-state index in [1.165, 1.54) is 45.3 Å². The van der Waals surface area contributed by atoms with Gasteiger partial charge in [0.05, 0.1) is 0 Å². The lowest BCUT2D eigenvalue weighted by Crippen LogP contribution is -2.23. The molecule has 0 aliphatic carbocycles. The van der Waals surface area contributed by atoms with Crippen LogP contribution in [-0.2, 0) is 0 Å². The third-order valence-electron chi connectivity index (χ3n) is 3.43. The maximum Gasteiger partial charge on any atom is 0.00126 e. The molecule has 0 amide bonds. The van der Waals surface area contributed by atoms with E-state index in [-0.39, 0.29) is 0 Å². The second-order valence-electron chi connectivity index (χ2n) is 4.94. The summed E-state index contributed by atoms with van der Waals surface area (Å²) in [5, 5.41) is 0.